The molecule has 1 aromatic carbocycles. The average Bonchev–Trinajstić information content (AvgIpc) is 2.96. The van der Waals surface area contributed by atoms with Gasteiger partial charge in [-0.1, -0.05) is 12.2 Å². The zero-order chi connectivity index (χ0) is 20.4. The molecule has 11 heteroatoms. The van der Waals surface area contributed by atoms with Crippen LogP contribution in [0.3, 0.4) is 0 Å². The number of alkyl halides is 6. The zero-order valence-electron chi connectivity index (χ0n) is 13.6. The Kier molecular flexibility index (Phi) is 6.15. The predicted octanol–water partition coefficient (Wildman–Crippen LogP) is 5.15. The second-order valence-corrected chi connectivity index (χ2v) is 6.93. The highest BCUT2D eigenvalue weighted by Gasteiger charge is 2.37. The number of aryl methyl sites for hydroxylation is 1. The SMILES string of the molecule is Cc1csc(CNC(=S)C(=O)Nc2cc(C(F)(F)F)cc(C(F)(F)F)c2)c1. The number of amides is 1. The summed E-state index contributed by atoms with van der Waals surface area (Å²) in [5.74, 6) is -1.01. The fourth-order valence-corrected chi connectivity index (χ4v) is 2.98. The average molecular weight is 426 g/mol. The number of hydrogen-bond donors (Lipinski definition) is 2. The van der Waals surface area contributed by atoms with Gasteiger partial charge in [0, 0.05) is 10.6 Å². The summed E-state index contributed by atoms with van der Waals surface area (Å²) in [5, 5.41) is 6.45. The number of carbonyl (C=O) groups excluding carboxylic acids is 1. The number of halogens is 6. The van der Waals surface area contributed by atoms with E-state index in [0.717, 1.165) is 10.4 Å². The molecule has 0 spiro atoms. The Bertz CT molecular complexity index is 825. The van der Waals surface area contributed by atoms with Crippen molar-refractivity contribution in [2.24, 2.45) is 0 Å². The van der Waals surface area contributed by atoms with E-state index in [9.17, 15) is 31.1 Å². The van der Waals surface area contributed by atoms with Gasteiger partial charge in [-0.05, 0) is 42.1 Å². The smallest absolute Gasteiger partial charge is 0.367 e. The minimum Gasteiger partial charge on any atom is -0.367 e. The highest BCUT2D eigenvalue weighted by Crippen LogP contribution is 2.37. The number of carbonyl (C=O) groups is 1. The van der Waals surface area contributed by atoms with Crippen LogP contribution in [0, 0.1) is 6.92 Å². The van der Waals surface area contributed by atoms with Crippen molar-refractivity contribution in [1.82, 2.24) is 5.32 Å². The van der Waals surface area contributed by atoms with Crippen LogP contribution < -0.4 is 10.6 Å². The molecule has 2 aromatic rings. The Balaban J connectivity index is 2.14. The summed E-state index contributed by atoms with van der Waals surface area (Å²) in [6.45, 7) is 2.08. The topological polar surface area (TPSA) is 41.1 Å². The van der Waals surface area contributed by atoms with Crippen molar-refractivity contribution >= 4 is 40.1 Å². The van der Waals surface area contributed by atoms with Crippen molar-refractivity contribution in [3.63, 3.8) is 0 Å². The minimum atomic E-state index is -5.00. The maximum atomic E-state index is 12.8. The molecule has 0 fully saturated rings. The Morgan fingerprint density at radius 2 is 1.59 bits per heavy atom. The van der Waals surface area contributed by atoms with Crippen LogP contribution in [0.5, 0.6) is 0 Å². The molecule has 2 N–H and O–H groups in total. The molecule has 146 valence electrons. The highest BCUT2D eigenvalue weighted by molar-refractivity contribution is 7.82. The number of thiophene rings is 1. The molecule has 0 aliphatic carbocycles. The van der Waals surface area contributed by atoms with E-state index in [4.69, 9.17) is 12.2 Å². The van der Waals surface area contributed by atoms with Gasteiger partial charge in [0.1, 0.15) is 0 Å². The zero-order valence-corrected chi connectivity index (χ0v) is 15.2. The van der Waals surface area contributed by atoms with Crippen molar-refractivity contribution in [2.75, 3.05) is 5.32 Å². The molecule has 1 amide bonds. The molecule has 0 unspecified atom stereocenters. The van der Waals surface area contributed by atoms with E-state index in [1.54, 1.807) is 0 Å². The number of benzene rings is 1. The van der Waals surface area contributed by atoms with E-state index in [1.807, 2.05) is 23.7 Å². The molecular weight excluding hydrogens is 414 g/mol. The lowest BCUT2D eigenvalue weighted by Gasteiger charge is -2.15. The summed E-state index contributed by atoms with van der Waals surface area (Å²) in [6, 6.07) is 2.66. The quantitative estimate of drug-likeness (QED) is 0.527. The molecule has 0 aliphatic rings. The number of anilines is 1. The van der Waals surface area contributed by atoms with Gasteiger partial charge in [-0.25, -0.2) is 0 Å². The van der Waals surface area contributed by atoms with Crippen LogP contribution in [0.15, 0.2) is 29.6 Å². The fraction of sp³-hybridized carbons (Fsp3) is 0.250. The van der Waals surface area contributed by atoms with E-state index < -0.39 is 35.1 Å². The van der Waals surface area contributed by atoms with Gasteiger partial charge in [0.15, 0.2) is 4.99 Å². The molecule has 0 saturated heterocycles. The molecule has 2 rings (SSSR count). The van der Waals surface area contributed by atoms with Crippen LogP contribution in [-0.2, 0) is 23.7 Å². The number of nitrogens with one attached hydrogen (secondary N) is 2. The molecule has 0 saturated carbocycles. The number of thiocarbonyl (C=S) groups is 1. The monoisotopic (exact) mass is 426 g/mol. The van der Waals surface area contributed by atoms with Gasteiger partial charge < -0.3 is 10.6 Å². The van der Waals surface area contributed by atoms with Gasteiger partial charge in [0.2, 0.25) is 0 Å². The lowest BCUT2D eigenvalue weighted by molar-refractivity contribution is -0.143. The fourth-order valence-electron chi connectivity index (χ4n) is 2.05. The van der Waals surface area contributed by atoms with Gasteiger partial charge >= 0.3 is 12.4 Å². The van der Waals surface area contributed by atoms with Gasteiger partial charge in [-0.2, -0.15) is 26.3 Å². The third kappa shape index (κ3) is 5.93. The first-order chi connectivity index (χ1) is 12.4. The first-order valence-electron chi connectivity index (χ1n) is 7.29. The van der Waals surface area contributed by atoms with Gasteiger partial charge in [-0.15, -0.1) is 11.3 Å². The third-order valence-corrected chi connectivity index (χ3v) is 4.64. The first-order valence-corrected chi connectivity index (χ1v) is 8.58. The summed E-state index contributed by atoms with van der Waals surface area (Å²) < 4.78 is 77.0. The maximum Gasteiger partial charge on any atom is 0.416 e. The van der Waals surface area contributed by atoms with E-state index in [2.05, 4.69) is 5.32 Å². The molecular formula is C16H12F6N2OS2. The third-order valence-electron chi connectivity index (χ3n) is 3.26. The second kappa shape index (κ2) is 7.85. The summed E-state index contributed by atoms with van der Waals surface area (Å²) in [6.07, 6.45) is -10.0. The van der Waals surface area contributed by atoms with E-state index >= 15 is 0 Å². The normalized spacial score (nSPS) is 12.0. The molecule has 0 atom stereocenters. The minimum absolute atomic E-state index is 0.0225. The van der Waals surface area contributed by atoms with Crippen molar-refractivity contribution in [3.8, 4) is 0 Å². The molecule has 0 radical (unpaired) electrons. The van der Waals surface area contributed by atoms with Gasteiger partial charge in [-0.3, -0.25) is 4.79 Å². The van der Waals surface area contributed by atoms with Crippen molar-refractivity contribution in [2.45, 2.75) is 25.8 Å². The van der Waals surface area contributed by atoms with Gasteiger partial charge in [0.05, 0.1) is 17.7 Å². The molecule has 1 heterocycles. The number of rotatable bonds is 3. The standard InChI is InChI=1S/C16H12F6N2OS2/c1-8-2-12(27-7-8)6-23-14(26)13(25)24-11-4-9(15(17,18)19)3-10(5-11)16(20,21)22/h2-5,7H,6H2,1H3,(H,23,26)(H,24,25). The second-order valence-electron chi connectivity index (χ2n) is 5.52. The molecule has 3 nitrogen and oxygen atoms in total. The van der Waals surface area contributed by atoms with E-state index in [0.29, 0.717) is 12.1 Å². The lowest BCUT2D eigenvalue weighted by atomic mass is 10.1. The van der Waals surface area contributed by atoms with Crippen LogP contribution in [-0.4, -0.2) is 10.9 Å². The van der Waals surface area contributed by atoms with Crippen molar-refractivity contribution in [1.29, 1.82) is 0 Å². The van der Waals surface area contributed by atoms with Gasteiger partial charge in [0.25, 0.3) is 5.91 Å². The van der Waals surface area contributed by atoms with Crippen LogP contribution in [0.1, 0.15) is 21.6 Å². The Labute approximate surface area is 159 Å². The summed E-state index contributed by atoms with van der Waals surface area (Å²) >= 11 is 6.24. The first kappa shape index (κ1) is 21.2. The molecule has 0 bridgehead atoms. The Hall–Kier alpha value is -2.14. The van der Waals surface area contributed by atoms with Crippen LogP contribution >= 0.6 is 23.6 Å². The predicted molar refractivity (Wildman–Crippen MR) is 93.6 cm³/mol. The van der Waals surface area contributed by atoms with E-state index in [-0.39, 0.29) is 17.6 Å². The van der Waals surface area contributed by atoms with Crippen molar-refractivity contribution < 1.29 is 31.1 Å². The van der Waals surface area contributed by atoms with Crippen LogP contribution in [0.4, 0.5) is 32.0 Å². The molecule has 1 aromatic heterocycles. The van der Waals surface area contributed by atoms with Crippen LogP contribution in [0.25, 0.3) is 0 Å². The van der Waals surface area contributed by atoms with E-state index in [1.165, 1.54) is 11.3 Å². The molecule has 27 heavy (non-hydrogen) atoms. The lowest BCUT2D eigenvalue weighted by Crippen LogP contribution is -2.33. The summed E-state index contributed by atoms with van der Waals surface area (Å²) in [7, 11) is 0. The van der Waals surface area contributed by atoms with Crippen molar-refractivity contribution in [3.05, 3.63) is 51.2 Å². The Morgan fingerprint density at radius 1 is 1.04 bits per heavy atom. The molecule has 0 aliphatic heterocycles. The highest BCUT2D eigenvalue weighted by atomic mass is 32.1. The van der Waals surface area contributed by atoms with Crippen LogP contribution in [0.2, 0.25) is 0 Å². The largest absolute Gasteiger partial charge is 0.416 e. The Morgan fingerprint density at radius 3 is 2.04 bits per heavy atom. The summed E-state index contributed by atoms with van der Waals surface area (Å²) in [4.78, 5) is 12.5. The number of hydrogen-bond acceptors (Lipinski definition) is 3. The summed E-state index contributed by atoms with van der Waals surface area (Å²) in [5.41, 5.74) is -2.70. The maximum absolute atomic E-state index is 12.8.